The fraction of sp³-hybridized carbons (Fsp3) is 0.500. The number of anilines is 1. The molecule has 0 aliphatic carbocycles. The summed E-state index contributed by atoms with van der Waals surface area (Å²) in [5, 5.41) is 7.46. The van der Waals surface area contributed by atoms with Gasteiger partial charge in [-0.2, -0.15) is 0 Å². The fourth-order valence-electron chi connectivity index (χ4n) is 3.77. The first-order valence-corrected chi connectivity index (χ1v) is 11.9. The second kappa shape index (κ2) is 9.81. The molecule has 1 aliphatic rings. The molecular formula is C24H31ClN2O4S. The predicted octanol–water partition coefficient (Wildman–Crippen LogP) is 5.54. The van der Waals surface area contributed by atoms with E-state index in [0.29, 0.717) is 22.2 Å². The molecule has 174 valence electrons. The SMILES string of the molecule is CC1(C)C[C@@H](Nc2cccc(-c3sc(C(=O)OC(C)(C)C)c(OCC=O)c3Cl)c2)CCN1. The number of esters is 1. The Hall–Kier alpha value is -2.09. The molecule has 8 heteroatoms. The number of thiophene rings is 1. The summed E-state index contributed by atoms with van der Waals surface area (Å²) in [6.45, 7) is 10.6. The van der Waals surface area contributed by atoms with Crippen molar-refractivity contribution in [1.82, 2.24) is 5.32 Å². The van der Waals surface area contributed by atoms with Gasteiger partial charge in [0.1, 0.15) is 17.2 Å². The van der Waals surface area contributed by atoms with E-state index in [9.17, 15) is 9.59 Å². The molecule has 1 fully saturated rings. The third-order valence-corrected chi connectivity index (χ3v) is 6.71. The van der Waals surface area contributed by atoms with Crippen molar-refractivity contribution < 1.29 is 19.1 Å². The summed E-state index contributed by atoms with van der Waals surface area (Å²) in [4.78, 5) is 24.6. The van der Waals surface area contributed by atoms with Gasteiger partial charge in [-0.15, -0.1) is 11.3 Å². The molecule has 3 rings (SSSR count). The number of piperidine rings is 1. The van der Waals surface area contributed by atoms with Gasteiger partial charge in [-0.3, -0.25) is 4.79 Å². The lowest BCUT2D eigenvalue weighted by Gasteiger charge is -2.37. The molecule has 32 heavy (non-hydrogen) atoms. The van der Waals surface area contributed by atoms with Crippen LogP contribution in [0, 0.1) is 0 Å². The van der Waals surface area contributed by atoms with Crippen LogP contribution in [-0.4, -0.2) is 42.6 Å². The molecule has 6 nitrogen and oxygen atoms in total. The number of rotatable bonds is 7. The molecule has 0 bridgehead atoms. The Morgan fingerprint density at radius 2 is 2.12 bits per heavy atom. The van der Waals surface area contributed by atoms with Crippen LogP contribution in [-0.2, 0) is 9.53 Å². The van der Waals surface area contributed by atoms with Gasteiger partial charge in [0.25, 0.3) is 0 Å². The normalized spacial score (nSPS) is 18.1. The van der Waals surface area contributed by atoms with Crippen molar-refractivity contribution in [3.8, 4) is 16.2 Å². The molecule has 0 radical (unpaired) electrons. The van der Waals surface area contributed by atoms with Gasteiger partial charge in [0, 0.05) is 17.3 Å². The first-order chi connectivity index (χ1) is 15.0. The summed E-state index contributed by atoms with van der Waals surface area (Å²) in [6.07, 6.45) is 2.68. The van der Waals surface area contributed by atoms with Crippen LogP contribution in [0.2, 0.25) is 5.02 Å². The van der Waals surface area contributed by atoms with Gasteiger partial charge in [0.2, 0.25) is 0 Å². The van der Waals surface area contributed by atoms with Gasteiger partial charge in [0.15, 0.2) is 16.9 Å². The van der Waals surface area contributed by atoms with Crippen molar-refractivity contribution in [2.45, 2.75) is 64.6 Å². The summed E-state index contributed by atoms with van der Waals surface area (Å²) in [7, 11) is 0. The maximum Gasteiger partial charge on any atom is 0.352 e. The highest BCUT2D eigenvalue weighted by Gasteiger charge is 2.29. The van der Waals surface area contributed by atoms with Crippen LogP contribution in [0.5, 0.6) is 5.75 Å². The minimum absolute atomic E-state index is 0.0950. The highest BCUT2D eigenvalue weighted by atomic mass is 35.5. The molecule has 1 aromatic carbocycles. The first-order valence-electron chi connectivity index (χ1n) is 10.7. The number of halogens is 1. The molecular weight excluding hydrogens is 448 g/mol. The summed E-state index contributed by atoms with van der Waals surface area (Å²) in [5.74, 6) is -0.339. The van der Waals surface area contributed by atoms with Crippen LogP contribution < -0.4 is 15.4 Å². The average molecular weight is 479 g/mol. The standard InChI is InChI=1S/C24H31ClN2O4S/c1-23(2,3)31-22(29)21-19(30-12-11-28)18(25)20(32-21)15-7-6-8-16(13-15)27-17-9-10-26-24(4,5)14-17/h6-8,11,13,17,26-27H,9-10,12,14H2,1-5H3/t17-/m0/s1. The van der Waals surface area contributed by atoms with Gasteiger partial charge in [-0.1, -0.05) is 23.7 Å². The molecule has 1 atom stereocenters. The van der Waals surface area contributed by atoms with E-state index in [2.05, 4.69) is 24.5 Å². The van der Waals surface area contributed by atoms with Crippen LogP contribution in [0.3, 0.4) is 0 Å². The highest BCUT2D eigenvalue weighted by molar-refractivity contribution is 7.18. The van der Waals surface area contributed by atoms with Crippen LogP contribution in [0.25, 0.3) is 10.4 Å². The Morgan fingerprint density at radius 1 is 1.38 bits per heavy atom. The van der Waals surface area contributed by atoms with Crippen molar-refractivity contribution in [3.05, 3.63) is 34.2 Å². The van der Waals surface area contributed by atoms with Gasteiger partial charge in [0.05, 0.1) is 4.88 Å². The Kier molecular flexibility index (Phi) is 7.53. The maximum absolute atomic E-state index is 12.8. The largest absolute Gasteiger partial charge is 0.483 e. The molecule has 0 spiro atoms. The first kappa shape index (κ1) is 24.6. The van der Waals surface area contributed by atoms with Crippen LogP contribution in [0.1, 0.15) is 57.1 Å². The third kappa shape index (κ3) is 6.24. The minimum atomic E-state index is -0.665. The topological polar surface area (TPSA) is 76.7 Å². The molecule has 2 heterocycles. The minimum Gasteiger partial charge on any atom is -0.483 e. The second-order valence-electron chi connectivity index (χ2n) is 9.61. The average Bonchev–Trinajstić information content (AvgIpc) is 3.01. The zero-order valence-electron chi connectivity index (χ0n) is 19.2. The lowest BCUT2D eigenvalue weighted by Crippen LogP contribution is -2.49. The Morgan fingerprint density at radius 3 is 2.78 bits per heavy atom. The second-order valence-corrected chi connectivity index (χ2v) is 11.0. The van der Waals surface area contributed by atoms with Crippen molar-refractivity contribution in [2.24, 2.45) is 0 Å². The molecule has 2 N–H and O–H groups in total. The van der Waals surface area contributed by atoms with Gasteiger partial charge >= 0.3 is 5.97 Å². The lowest BCUT2D eigenvalue weighted by atomic mass is 9.89. The van der Waals surface area contributed by atoms with E-state index in [1.165, 1.54) is 11.3 Å². The molecule has 1 saturated heterocycles. The van der Waals surface area contributed by atoms with E-state index in [0.717, 1.165) is 30.6 Å². The number of benzene rings is 1. The molecule has 0 amide bonds. The Balaban J connectivity index is 1.91. The van der Waals surface area contributed by atoms with E-state index in [1.54, 1.807) is 20.8 Å². The summed E-state index contributed by atoms with van der Waals surface area (Å²) in [6, 6.07) is 8.31. The van der Waals surface area contributed by atoms with Crippen molar-refractivity contribution in [3.63, 3.8) is 0 Å². The van der Waals surface area contributed by atoms with E-state index in [-0.39, 0.29) is 22.8 Å². The summed E-state index contributed by atoms with van der Waals surface area (Å²) < 4.78 is 11.0. The van der Waals surface area contributed by atoms with Crippen molar-refractivity contribution in [1.29, 1.82) is 0 Å². The Bertz CT molecular complexity index is 981. The third-order valence-electron chi connectivity index (χ3n) is 5.04. The summed E-state index contributed by atoms with van der Waals surface area (Å²) in [5.41, 5.74) is 1.28. The van der Waals surface area contributed by atoms with Gasteiger partial charge in [-0.25, -0.2) is 4.79 Å². The zero-order chi connectivity index (χ0) is 23.5. The van der Waals surface area contributed by atoms with E-state index >= 15 is 0 Å². The smallest absolute Gasteiger partial charge is 0.352 e. The van der Waals surface area contributed by atoms with Gasteiger partial charge in [-0.05, 0) is 71.7 Å². The number of hydrogen-bond donors (Lipinski definition) is 2. The van der Waals surface area contributed by atoms with Crippen LogP contribution >= 0.6 is 22.9 Å². The molecule has 0 saturated carbocycles. The predicted molar refractivity (Wildman–Crippen MR) is 130 cm³/mol. The van der Waals surface area contributed by atoms with Crippen molar-refractivity contribution >= 4 is 40.9 Å². The number of nitrogens with one attached hydrogen (secondary N) is 2. The number of carbonyl (C=O) groups is 2. The fourth-order valence-corrected chi connectivity index (χ4v) is 5.21. The molecule has 2 aromatic rings. The lowest BCUT2D eigenvalue weighted by molar-refractivity contribution is -0.109. The molecule has 1 aromatic heterocycles. The van der Waals surface area contributed by atoms with Crippen LogP contribution in [0.4, 0.5) is 5.69 Å². The Labute approximate surface area is 198 Å². The van der Waals surface area contributed by atoms with E-state index in [4.69, 9.17) is 21.1 Å². The highest BCUT2D eigenvalue weighted by Crippen LogP contribution is 2.46. The quantitative estimate of drug-likeness (QED) is 0.401. The zero-order valence-corrected chi connectivity index (χ0v) is 20.8. The summed E-state index contributed by atoms with van der Waals surface area (Å²) >= 11 is 7.84. The molecule has 1 aliphatic heterocycles. The monoisotopic (exact) mass is 478 g/mol. The number of ether oxygens (including phenoxy) is 2. The van der Waals surface area contributed by atoms with E-state index in [1.807, 2.05) is 24.3 Å². The number of hydrogen-bond acceptors (Lipinski definition) is 7. The molecule has 0 unspecified atom stereocenters. The van der Waals surface area contributed by atoms with Crippen LogP contribution in [0.15, 0.2) is 24.3 Å². The van der Waals surface area contributed by atoms with Gasteiger partial charge < -0.3 is 20.1 Å². The van der Waals surface area contributed by atoms with E-state index < -0.39 is 11.6 Å². The maximum atomic E-state index is 12.8. The van der Waals surface area contributed by atoms with Crippen molar-refractivity contribution in [2.75, 3.05) is 18.5 Å². The number of carbonyl (C=O) groups excluding carboxylic acids is 2. The number of aldehydes is 1.